The molecular weight excluding hydrogens is 330 g/mol. The molecule has 4 atom stereocenters. The van der Waals surface area contributed by atoms with E-state index in [1.54, 1.807) is 0 Å². The van der Waals surface area contributed by atoms with Crippen molar-refractivity contribution in [1.82, 2.24) is 4.90 Å². The molecule has 3 aromatic carbocycles. The molecule has 1 heterocycles. The van der Waals surface area contributed by atoms with Crippen molar-refractivity contribution in [1.29, 1.82) is 0 Å². The molecule has 4 rings (SSSR count). The Bertz CT molecular complexity index is 865. The predicted octanol–water partition coefficient (Wildman–Crippen LogP) is 5.33. The van der Waals surface area contributed by atoms with Gasteiger partial charge in [0.05, 0.1) is 5.60 Å². The molecule has 1 fully saturated rings. The van der Waals surface area contributed by atoms with E-state index in [-0.39, 0.29) is 18.0 Å². The summed E-state index contributed by atoms with van der Waals surface area (Å²) in [6.07, 6.45) is 0.683. The lowest BCUT2D eigenvalue weighted by molar-refractivity contribution is -0.120. The highest BCUT2D eigenvalue weighted by atomic mass is 16.3. The fourth-order valence-corrected chi connectivity index (χ4v) is 4.74. The van der Waals surface area contributed by atoms with Crippen LogP contribution in [0, 0.1) is 5.92 Å². The topological polar surface area (TPSA) is 23.5 Å². The second-order valence-electron chi connectivity index (χ2n) is 7.73. The lowest BCUT2D eigenvalue weighted by Gasteiger charge is -2.52. The number of hydrogen-bond donors (Lipinski definition) is 1. The molecule has 0 spiro atoms. The first-order valence-electron chi connectivity index (χ1n) is 9.71. The third-order valence-electron chi connectivity index (χ3n) is 6.26. The van der Waals surface area contributed by atoms with Gasteiger partial charge >= 0.3 is 0 Å². The van der Waals surface area contributed by atoms with Crippen LogP contribution in [-0.4, -0.2) is 17.1 Å². The third kappa shape index (κ3) is 3.20. The van der Waals surface area contributed by atoms with Crippen LogP contribution in [0.5, 0.6) is 0 Å². The van der Waals surface area contributed by atoms with E-state index in [1.165, 1.54) is 11.1 Å². The normalized spacial score (nSPS) is 28.8. The van der Waals surface area contributed by atoms with Gasteiger partial charge in [0.1, 0.15) is 0 Å². The van der Waals surface area contributed by atoms with Crippen LogP contribution in [0.2, 0.25) is 0 Å². The Balaban J connectivity index is 1.84. The predicted molar refractivity (Wildman–Crippen MR) is 110 cm³/mol. The molecule has 1 aliphatic heterocycles. The zero-order valence-electron chi connectivity index (χ0n) is 16.0. The van der Waals surface area contributed by atoms with Crippen LogP contribution in [0.3, 0.4) is 0 Å². The fraction of sp³-hybridized carbons (Fsp3) is 0.280. The SMILES string of the molecule is C[C@@H]1[C@H](c2ccccc2)N(C)[C@H](c2ccccc2)C[C@]1(O)c1ccccc1. The molecule has 0 bridgehead atoms. The van der Waals surface area contributed by atoms with Gasteiger partial charge in [-0.05, 0) is 23.7 Å². The van der Waals surface area contributed by atoms with E-state index < -0.39 is 5.60 Å². The van der Waals surface area contributed by atoms with Gasteiger partial charge in [0.15, 0.2) is 0 Å². The number of hydrogen-bond acceptors (Lipinski definition) is 2. The molecule has 3 aromatic rings. The Morgan fingerprint density at radius 3 is 1.81 bits per heavy atom. The van der Waals surface area contributed by atoms with Gasteiger partial charge in [0.25, 0.3) is 0 Å². The molecule has 0 aromatic heterocycles. The van der Waals surface area contributed by atoms with E-state index in [2.05, 4.69) is 85.6 Å². The van der Waals surface area contributed by atoms with Gasteiger partial charge in [-0.3, -0.25) is 4.90 Å². The Kier molecular flexibility index (Phi) is 4.86. The molecule has 0 unspecified atom stereocenters. The zero-order chi connectivity index (χ0) is 18.9. The molecule has 2 heteroatoms. The molecule has 138 valence electrons. The summed E-state index contributed by atoms with van der Waals surface area (Å²) < 4.78 is 0. The smallest absolute Gasteiger partial charge is 0.0958 e. The molecule has 2 nitrogen and oxygen atoms in total. The average molecular weight is 357 g/mol. The van der Waals surface area contributed by atoms with Crippen LogP contribution in [-0.2, 0) is 5.60 Å². The minimum Gasteiger partial charge on any atom is -0.385 e. The maximum atomic E-state index is 12.0. The Morgan fingerprint density at radius 1 is 0.778 bits per heavy atom. The number of aliphatic hydroxyl groups is 1. The highest BCUT2D eigenvalue weighted by Gasteiger charge is 2.49. The van der Waals surface area contributed by atoms with Crippen LogP contribution in [0.1, 0.15) is 42.1 Å². The first kappa shape index (κ1) is 18.0. The van der Waals surface area contributed by atoms with Gasteiger partial charge < -0.3 is 5.11 Å². The Labute approximate surface area is 162 Å². The van der Waals surface area contributed by atoms with Gasteiger partial charge in [0, 0.05) is 24.4 Å². The Morgan fingerprint density at radius 2 is 1.26 bits per heavy atom. The molecule has 27 heavy (non-hydrogen) atoms. The second-order valence-corrected chi connectivity index (χ2v) is 7.73. The molecule has 1 N–H and O–H groups in total. The zero-order valence-corrected chi connectivity index (χ0v) is 16.0. The maximum Gasteiger partial charge on any atom is 0.0958 e. The highest BCUT2D eigenvalue weighted by Crippen LogP contribution is 2.52. The Hall–Kier alpha value is -2.42. The molecule has 0 amide bonds. The van der Waals surface area contributed by atoms with Gasteiger partial charge in [-0.1, -0.05) is 97.9 Å². The second kappa shape index (κ2) is 7.30. The van der Waals surface area contributed by atoms with Gasteiger partial charge in [-0.15, -0.1) is 0 Å². The van der Waals surface area contributed by atoms with E-state index in [9.17, 15) is 5.11 Å². The summed E-state index contributed by atoms with van der Waals surface area (Å²) in [7, 11) is 2.19. The van der Waals surface area contributed by atoms with Gasteiger partial charge in [-0.2, -0.15) is 0 Å². The minimum absolute atomic E-state index is 0.0623. The number of rotatable bonds is 3. The van der Waals surface area contributed by atoms with E-state index in [0.29, 0.717) is 6.42 Å². The van der Waals surface area contributed by atoms with Crippen LogP contribution >= 0.6 is 0 Å². The number of likely N-dealkylation sites (tertiary alicyclic amines) is 1. The van der Waals surface area contributed by atoms with Crippen molar-refractivity contribution in [3.05, 3.63) is 108 Å². The van der Waals surface area contributed by atoms with Crippen molar-refractivity contribution in [2.45, 2.75) is 31.0 Å². The summed E-state index contributed by atoms with van der Waals surface area (Å²) in [6.45, 7) is 2.18. The molecule has 0 aliphatic carbocycles. The molecule has 1 saturated heterocycles. The molecule has 1 aliphatic rings. The van der Waals surface area contributed by atoms with Gasteiger partial charge in [0.2, 0.25) is 0 Å². The van der Waals surface area contributed by atoms with Crippen molar-refractivity contribution < 1.29 is 5.11 Å². The quantitative estimate of drug-likeness (QED) is 0.685. The van der Waals surface area contributed by atoms with E-state index in [1.807, 2.05) is 24.3 Å². The summed E-state index contributed by atoms with van der Waals surface area (Å²) in [5, 5.41) is 12.0. The molecule has 0 radical (unpaired) electrons. The van der Waals surface area contributed by atoms with Crippen molar-refractivity contribution in [2.24, 2.45) is 5.92 Å². The summed E-state index contributed by atoms with van der Waals surface area (Å²) in [5.41, 5.74) is 2.63. The minimum atomic E-state index is -0.880. The van der Waals surface area contributed by atoms with Crippen LogP contribution in [0.25, 0.3) is 0 Å². The largest absolute Gasteiger partial charge is 0.385 e. The summed E-state index contributed by atoms with van der Waals surface area (Å²) in [5.74, 6) is 0.0623. The number of piperidine rings is 1. The monoisotopic (exact) mass is 357 g/mol. The molecule has 0 saturated carbocycles. The van der Waals surface area contributed by atoms with E-state index >= 15 is 0 Å². The van der Waals surface area contributed by atoms with Crippen LogP contribution < -0.4 is 0 Å². The summed E-state index contributed by atoms with van der Waals surface area (Å²) in [4.78, 5) is 2.44. The van der Waals surface area contributed by atoms with Crippen LogP contribution in [0.4, 0.5) is 0 Å². The lowest BCUT2D eigenvalue weighted by atomic mass is 9.68. The van der Waals surface area contributed by atoms with Crippen molar-refractivity contribution in [2.75, 3.05) is 7.05 Å². The van der Waals surface area contributed by atoms with E-state index in [4.69, 9.17) is 0 Å². The highest BCUT2D eigenvalue weighted by molar-refractivity contribution is 5.32. The maximum absolute atomic E-state index is 12.0. The number of benzene rings is 3. The fourth-order valence-electron chi connectivity index (χ4n) is 4.74. The number of nitrogens with zero attached hydrogens (tertiary/aromatic N) is 1. The first-order valence-corrected chi connectivity index (χ1v) is 9.71. The average Bonchev–Trinajstić information content (AvgIpc) is 2.73. The summed E-state index contributed by atoms with van der Waals surface area (Å²) in [6, 6.07) is 31.6. The first-order chi connectivity index (χ1) is 13.1. The van der Waals surface area contributed by atoms with Crippen molar-refractivity contribution in [3.8, 4) is 0 Å². The van der Waals surface area contributed by atoms with E-state index in [0.717, 1.165) is 5.56 Å². The van der Waals surface area contributed by atoms with Gasteiger partial charge in [-0.25, -0.2) is 0 Å². The lowest BCUT2D eigenvalue weighted by Crippen LogP contribution is -2.50. The third-order valence-corrected chi connectivity index (χ3v) is 6.26. The van der Waals surface area contributed by atoms with Crippen molar-refractivity contribution >= 4 is 0 Å². The summed E-state index contributed by atoms with van der Waals surface area (Å²) >= 11 is 0. The molecular formula is C25H27NO. The van der Waals surface area contributed by atoms with Crippen LogP contribution in [0.15, 0.2) is 91.0 Å². The van der Waals surface area contributed by atoms with Crippen molar-refractivity contribution in [3.63, 3.8) is 0 Å². The standard InChI is InChI=1S/C25H27NO/c1-19-24(21-14-8-4-9-15-21)26(2)23(20-12-6-3-7-13-20)18-25(19,27)22-16-10-5-11-17-22/h3-17,19,23-24,27H,18H2,1-2H3/t19-,23+,24-,25-/m1/s1.